The van der Waals surface area contributed by atoms with Crippen molar-refractivity contribution in [3.63, 3.8) is 0 Å². The minimum atomic E-state index is 0. The van der Waals surface area contributed by atoms with Crippen LogP contribution in [-0.4, -0.2) is 24.7 Å². The molecule has 1 aromatic heterocycles. The van der Waals surface area contributed by atoms with Crippen molar-refractivity contribution in [1.82, 2.24) is 10.3 Å². The lowest BCUT2D eigenvalue weighted by Gasteiger charge is -2.13. The molecule has 1 N–H and O–H groups in total. The summed E-state index contributed by atoms with van der Waals surface area (Å²) < 4.78 is 5.78. The third kappa shape index (κ3) is 3.72. The molecule has 0 aliphatic carbocycles. The predicted octanol–water partition coefficient (Wildman–Crippen LogP) is 2.25. The van der Waals surface area contributed by atoms with E-state index in [1.54, 1.807) is 11.3 Å². The van der Waals surface area contributed by atoms with Gasteiger partial charge in [-0.15, -0.1) is 23.7 Å². The van der Waals surface area contributed by atoms with Gasteiger partial charge in [0.25, 0.3) is 0 Å². The number of thiazole rings is 1. The van der Waals surface area contributed by atoms with Gasteiger partial charge in [-0.3, -0.25) is 0 Å². The molecule has 86 valence electrons. The van der Waals surface area contributed by atoms with E-state index >= 15 is 0 Å². The molecule has 0 bridgehead atoms. The highest BCUT2D eigenvalue weighted by Gasteiger charge is 2.16. The number of ether oxygens (including phenoxy) is 1. The Balaban J connectivity index is 0.00000112. The Bertz CT molecular complexity index is 262. The number of aromatic nitrogens is 1. The Labute approximate surface area is 101 Å². The molecule has 1 aromatic rings. The largest absolute Gasteiger partial charge is 0.371 e. The van der Waals surface area contributed by atoms with Crippen LogP contribution in [0.1, 0.15) is 24.5 Å². The second kappa shape index (κ2) is 6.43. The first kappa shape index (κ1) is 12.9. The van der Waals surface area contributed by atoms with E-state index in [4.69, 9.17) is 4.74 Å². The zero-order valence-electron chi connectivity index (χ0n) is 8.81. The monoisotopic (exact) mass is 248 g/mol. The van der Waals surface area contributed by atoms with E-state index in [1.807, 2.05) is 11.6 Å². The first-order valence-corrected chi connectivity index (χ1v) is 5.96. The third-order valence-corrected chi connectivity index (χ3v) is 3.48. The van der Waals surface area contributed by atoms with Gasteiger partial charge in [-0.25, -0.2) is 4.98 Å². The summed E-state index contributed by atoms with van der Waals surface area (Å²) in [4.78, 5) is 4.24. The first-order chi connectivity index (χ1) is 6.86. The van der Waals surface area contributed by atoms with E-state index in [1.165, 1.54) is 6.42 Å². The zero-order valence-corrected chi connectivity index (χ0v) is 10.4. The molecular formula is C10H17ClN2OS. The van der Waals surface area contributed by atoms with Crippen molar-refractivity contribution in [2.45, 2.75) is 19.4 Å². The summed E-state index contributed by atoms with van der Waals surface area (Å²) in [6, 6.07) is 0. The van der Waals surface area contributed by atoms with Gasteiger partial charge in [0, 0.05) is 18.1 Å². The Hall–Kier alpha value is -0.160. The molecule has 0 saturated carbocycles. The van der Waals surface area contributed by atoms with Crippen molar-refractivity contribution in [2.75, 3.05) is 19.7 Å². The van der Waals surface area contributed by atoms with Crippen LogP contribution in [0.2, 0.25) is 0 Å². The normalized spacial score (nSPS) is 22.3. The fourth-order valence-corrected chi connectivity index (χ4v) is 2.29. The van der Waals surface area contributed by atoms with Crippen molar-refractivity contribution in [2.24, 2.45) is 5.92 Å². The third-order valence-electron chi connectivity index (χ3n) is 2.54. The molecule has 1 saturated heterocycles. The molecule has 5 heteroatoms. The van der Waals surface area contributed by atoms with Crippen molar-refractivity contribution >= 4 is 23.7 Å². The number of rotatable bonds is 4. The molecule has 0 radical (unpaired) electrons. The van der Waals surface area contributed by atoms with Gasteiger partial charge in [-0.05, 0) is 25.8 Å². The van der Waals surface area contributed by atoms with Gasteiger partial charge in [-0.2, -0.15) is 0 Å². The molecule has 2 atom stereocenters. The van der Waals surface area contributed by atoms with Crippen molar-refractivity contribution < 1.29 is 4.74 Å². The maximum absolute atomic E-state index is 5.78. The quantitative estimate of drug-likeness (QED) is 0.888. The van der Waals surface area contributed by atoms with E-state index in [0.717, 1.165) is 24.7 Å². The second-order valence-corrected chi connectivity index (χ2v) is 4.63. The van der Waals surface area contributed by atoms with Gasteiger partial charge in [0.05, 0.1) is 6.61 Å². The average Bonchev–Trinajstić information content (AvgIpc) is 2.87. The summed E-state index contributed by atoms with van der Waals surface area (Å²) in [6.45, 7) is 5.17. The van der Waals surface area contributed by atoms with Crippen LogP contribution >= 0.6 is 23.7 Å². The number of halogens is 1. The Kier molecular flexibility index (Phi) is 5.53. The lowest BCUT2D eigenvalue weighted by molar-refractivity contribution is 0.0434. The van der Waals surface area contributed by atoms with Crippen LogP contribution in [0.3, 0.4) is 0 Å². The van der Waals surface area contributed by atoms with E-state index in [0.29, 0.717) is 5.92 Å². The Morgan fingerprint density at radius 1 is 1.73 bits per heavy atom. The lowest BCUT2D eigenvalue weighted by atomic mass is 10.1. The second-order valence-electron chi connectivity index (χ2n) is 3.70. The Morgan fingerprint density at radius 3 is 3.20 bits per heavy atom. The van der Waals surface area contributed by atoms with Crippen LogP contribution in [0.4, 0.5) is 0 Å². The smallest absolute Gasteiger partial charge is 0.121 e. The van der Waals surface area contributed by atoms with Crippen molar-refractivity contribution in [3.05, 3.63) is 16.6 Å². The predicted molar refractivity (Wildman–Crippen MR) is 64.7 cm³/mol. The van der Waals surface area contributed by atoms with Gasteiger partial charge in [0.15, 0.2) is 0 Å². The number of nitrogens with one attached hydrogen (secondary N) is 1. The lowest BCUT2D eigenvalue weighted by Crippen LogP contribution is -2.15. The van der Waals surface area contributed by atoms with Gasteiger partial charge in [0.1, 0.15) is 11.1 Å². The van der Waals surface area contributed by atoms with Crippen molar-refractivity contribution in [3.8, 4) is 0 Å². The van der Waals surface area contributed by atoms with Crippen molar-refractivity contribution in [1.29, 1.82) is 0 Å². The van der Waals surface area contributed by atoms with Crippen LogP contribution in [0.15, 0.2) is 11.6 Å². The van der Waals surface area contributed by atoms with E-state index in [-0.39, 0.29) is 18.5 Å². The van der Waals surface area contributed by atoms with Gasteiger partial charge < -0.3 is 10.1 Å². The molecule has 1 fully saturated rings. The highest BCUT2D eigenvalue weighted by Crippen LogP contribution is 2.20. The summed E-state index contributed by atoms with van der Waals surface area (Å²) in [6.07, 6.45) is 3.22. The van der Waals surface area contributed by atoms with E-state index in [2.05, 4.69) is 17.2 Å². The summed E-state index contributed by atoms with van der Waals surface area (Å²) in [7, 11) is 0. The summed E-state index contributed by atoms with van der Waals surface area (Å²) in [5.74, 6) is 0.692. The molecule has 2 unspecified atom stereocenters. The van der Waals surface area contributed by atoms with Gasteiger partial charge in [0.2, 0.25) is 0 Å². The number of hydrogen-bond donors (Lipinski definition) is 1. The molecule has 2 heterocycles. The topological polar surface area (TPSA) is 34.1 Å². The fourth-order valence-electron chi connectivity index (χ4n) is 1.64. The van der Waals surface area contributed by atoms with Gasteiger partial charge in [-0.1, -0.05) is 0 Å². The molecule has 1 aliphatic heterocycles. The van der Waals surface area contributed by atoms with E-state index < -0.39 is 0 Å². The highest BCUT2D eigenvalue weighted by atomic mass is 35.5. The van der Waals surface area contributed by atoms with Crippen LogP contribution < -0.4 is 5.32 Å². The summed E-state index contributed by atoms with van der Waals surface area (Å²) >= 11 is 1.66. The van der Waals surface area contributed by atoms with Crippen LogP contribution in [0.25, 0.3) is 0 Å². The van der Waals surface area contributed by atoms with E-state index in [9.17, 15) is 0 Å². The zero-order chi connectivity index (χ0) is 9.80. The Morgan fingerprint density at radius 2 is 2.60 bits per heavy atom. The molecule has 0 aromatic carbocycles. The molecule has 3 nitrogen and oxygen atoms in total. The highest BCUT2D eigenvalue weighted by molar-refractivity contribution is 7.09. The molecule has 1 aliphatic rings. The minimum absolute atomic E-state index is 0. The van der Waals surface area contributed by atoms with Crippen LogP contribution in [-0.2, 0) is 4.74 Å². The first-order valence-electron chi connectivity index (χ1n) is 5.08. The molecule has 0 amide bonds. The minimum Gasteiger partial charge on any atom is -0.371 e. The fraction of sp³-hybridized carbons (Fsp3) is 0.700. The van der Waals surface area contributed by atoms with Crippen LogP contribution in [0, 0.1) is 5.92 Å². The standard InChI is InChI=1S/C10H16N2OS.ClH/c1-8(10-12-4-5-14-10)13-7-9-2-3-11-6-9;/h4-5,8-9,11H,2-3,6-7H2,1H3;1H. The molecule has 0 spiro atoms. The maximum Gasteiger partial charge on any atom is 0.121 e. The van der Waals surface area contributed by atoms with Crippen LogP contribution in [0.5, 0.6) is 0 Å². The molecular weight excluding hydrogens is 232 g/mol. The molecule has 2 rings (SSSR count). The summed E-state index contributed by atoms with van der Waals surface area (Å²) in [5, 5.41) is 6.41. The number of nitrogens with zero attached hydrogens (tertiary/aromatic N) is 1. The summed E-state index contributed by atoms with van der Waals surface area (Å²) in [5.41, 5.74) is 0. The average molecular weight is 249 g/mol. The molecule has 15 heavy (non-hydrogen) atoms. The SMILES string of the molecule is CC(OCC1CCNC1)c1nccs1.Cl. The van der Waals surface area contributed by atoms with Gasteiger partial charge >= 0.3 is 0 Å². The number of hydrogen-bond acceptors (Lipinski definition) is 4. The maximum atomic E-state index is 5.78.